The summed E-state index contributed by atoms with van der Waals surface area (Å²) in [6.07, 6.45) is 3.06. The van der Waals surface area contributed by atoms with E-state index in [2.05, 4.69) is 5.32 Å². The van der Waals surface area contributed by atoms with Gasteiger partial charge in [0.05, 0.1) is 5.02 Å². The molecule has 1 saturated heterocycles. The van der Waals surface area contributed by atoms with Gasteiger partial charge in [-0.05, 0) is 50.6 Å². The SMILES string of the molecule is CN(C(=O)c1ccc(O)c(Cl)c1)C1CCCNCC1. The molecule has 0 radical (unpaired) electrons. The molecule has 19 heavy (non-hydrogen) atoms. The largest absolute Gasteiger partial charge is 0.506 e. The molecule has 5 heteroatoms. The van der Waals surface area contributed by atoms with Gasteiger partial charge in [0.1, 0.15) is 5.75 Å². The van der Waals surface area contributed by atoms with Crippen LogP contribution in [0.5, 0.6) is 5.75 Å². The molecule has 0 aromatic heterocycles. The van der Waals surface area contributed by atoms with Crippen LogP contribution in [0.4, 0.5) is 0 Å². The summed E-state index contributed by atoms with van der Waals surface area (Å²) >= 11 is 5.84. The van der Waals surface area contributed by atoms with E-state index < -0.39 is 0 Å². The van der Waals surface area contributed by atoms with Crippen molar-refractivity contribution in [3.05, 3.63) is 28.8 Å². The molecular formula is C14H19ClN2O2. The summed E-state index contributed by atoms with van der Waals surface area (Å²) in [7, 11) is 1.83. The third-order valence-corrected chi connectivity index (χ3v) is 3.91. The number of hydrogen-bond donors (Lipinski definition) is 2. The minimum absolute atomic E-state index is 0.000430. The van der Waals surface area contributed by atoms with Gasteiger partial charge in [-0.1, -0.05) is 11.6 Å². The Kier molecular flexibility index (Phi) is 4.66. The van der Waals surface area contributed by atoms with Gasteiger partial charge in [0.15, 0.2) is 0 Å². The van der Waals surface area contributed by atoms with Gasteiger partial charge in [0, 0.05) is 18.7 Å². The zero-order valence-electron chi connectivity index (χ0n) is 11.0. The number of aromatic hydroxyl groups is 1. The number of carbonyl (C=O) groups excluding carboxylic acids is 1. The van der Waals surface area contributed by atoms with Gasteiger partial charge < -0.3 is 15.3 Å². The molecule has 0 saturated carbocycles. The lowest BCUT2D eigenvalue weighted by Gasteiger charge is -2.27. The zero-order chi connectivity index (χ0) is 13.8. The normalized spacial score (nSPS) is 19.8. The first-order valence-corrected chi connectivity index (χ1v) is 6.94. The molecule has 2 rings (SSSR count). The standard InChI is InChI=1S/C14H19ClN2O2/c1-17(11-3-2-7-16-8-6-11)14(19)10-4-5-13(18)12(15)9-10/h4-5,9,11,16,18H,2-3,6-8H2,1H3. The first-order valence-electron chi connectivity index (χ1n) is 6.56. The molecule has 1 aromatic carbocycles. The van der Waals surface area contributed by atoms with E-state index in [1.165, 1.54) is 12.1 Å². The lowest BCUT2D eigenvalue weighted by Crippen LogP contribution is -2.37. The van der Waals surface area contributed by atoms with Crippen LogP contribution < -0.4 is 5.32 Å². The molecule has 1 amide bonds. The van der Waals surface area contributed by atoms with Crippen molar-refractivity contribution in [2.75, 3.05) is 20.1 Å². The summed E-state index contributed by atoms with van der Waals surface area (Å²) in [5.74, 6) is -0.0478. The Morgan fingerprint density at radius 1 is 1.42 bits per heavy atom. The van der Waals surface area contributed by atoms with Gasteiger partial charge in [-0.15, -0.1) is 0 Å². The second kappa shape index (κ2) is 6.26. The van der Waals surface area contributed by atoms with Gasteiger partial charge in [-0.25, -0.2) is 0 Å². The van der Waals surface area contributed by atoms with Gasteiger partial charge in [0.2, 0.25) is 0 Å². The summed E-state index contributed by atoms with van der Waals surface area (Å²) in [5, 5.41) is 12.9. The Morgan fingerprint density at radius 3 is 2.95 bits per heavy atom. The molecule has 1 aliphatic heterocycles. The monoisotopic (exact) mass is 282 g/mol. The second-order valence-electron chi connectivity index (χ2n) is 4.92. The van der Waals surface area contributed by atoms with Crippen molar-refractivity contribution in [1.29, 1.82) is 0 Å². The van der Waals surface area contributed by atoms with Crippen LogP contribution in [0.2, 0.25) is 5.02 Å². The maximum absolute atomic E-state index is 12.4. The minimum Gasteiger partial charge on any atom is -0.506 e. The highest BCUT2D eigenvalue weighted by molar-refractivity contribution is 6.32. The van der Waals surface area contributed by atoms with Crippen LogP contribution in [-0.2, 0) is 0 Å². The molecule has 0 bridgehead atoms. The quantitative estimate of drug-likeness (QED) is 0.875. The highest BCUT2D eigenvalue weighted by atomic mass is 35.5. The second-order valence-corrected chi connectivity index (χ2v) is 5.32. The first kappa shape index (κ1) is 14.2. The molecule has 1 atom stereocenters. The van der Waals surface area contributed by atoms with Crippen LogP contribution in [0.1, 0.15) is 29.6 Å². The average molecular weight is 283 g/mol. The highest BCUT2D eigenvalue weighted by Crippen LogP contribution is 2.25. The average Bonchev–Trinajstić information content (AvgIpc) is 2.69. The molecular weight excluding hydrogens is 264 g/mol. The number of phenols is 1. The number of benzene rings is 1. The summed E-state index contributed by atoms with van der Waals surface area (Å²) in [6, 6.07) is 4.84. The van der Waals surface area contributed by atoms with Crippen LogP contribution in [0, 0.1) is 0 Å². The van der Waals surface area contributed by atoms with Crippen molar-refractivity contribution in [3.63, 3.8) is 0 Å². The van der Waals surface area contributed by atoms with Crippen molar-refractivity contribution in [1.82, 2.24) is 10.2 Å². The fraction of sp³-hybridized carbons (Fsp3) is 0.500. The summed E-state index contributed by atoms with van der Waals surface area (Å²) in [5.41, 5.74) is 0.516. The van der Waals surface area contributed by atoms with Crippen molar-refractivity contribution < 1.29 is 9.90 Å². The minimum atomic E-state index is -0.0474. The third kappa shape index (κ3) is 3.39. The predicted molar refractivity (Wildman–Crippen MR) is 75.7 cm³/mol. The van der Waals surface area contributed by atoms with E-state index in [0.717, 1.165) is 32.4 Å². The third-order valence-electron chi connectivity index (χ3n) is 3.61. The van der Waals surface area contributed by atoms with E-state index in [4.69, 9.17) is 11.6 Å². The fourth-order valence-corrected chi connectivity index (χ4v) is 2.58. The summed E-state index contributed by atoms with van der Waals surface area (Å²) < 4.78 is 0. The first-order chi connectivity index (χ1) is 9.09. The lowest BCUT2D eigenvalue weighted by molar-refractivity contribution is 0.0720. The van der Waals surface area contributed by atoms with Crippen LogP contribution in [0.25, 0.3) is 0 Å². The Hall–Kier alpha value is -1.26. The maximum Gasteiger partial charge on any atom is 0.253 e. The molecule has 0 spiro atoms. The molecule has 2 N–H and O–H groups in total. The van der Waals surface area contributed by atoms with Crippen molar-refractivity contribution >= 4 is 17.5 Å². The zero-order valence-corrected chi connectivity index (χ0v) is 11.8. The Morgan fingerprint density at radius 2 is 2.21 bits per heavy atom. The Bertz CT molecular complexity index is 457. The van der Waals surface area contributed by atoms with Gasteiger partial charge >= 0.3 is 0 Å². The maximum atomic E-state index is 12.4. The number of halogens is 1. The number of hydrogen-bond acceptors (Lipinski definition) is 3. The molecule has 0 aliphatic carbocycles. The van der Waals surface area contributed by atoms with E-state index in [1.807, 2.05) is 7.05 Å². The topological polar surface area (TPSA) is 52.6 Å². The Balaban J connectivity index is 2.10. The van der Waals surface area contributed by atoms with E-state index >= 15 is 0 Å². The number of carbonyl (C=O) groups is 1. The molecule has 1 fully saturated rings. The highest BCUT2D eigenvalue weighted by Gasteiger charge is 2.22. The predicted octanol–water partition coefficient (Wildman–Crippen LogP) is 2.26. The summed E-state index contributed by atoms with van der Waals surface area (Å²) in [4.78, 5) is 14.2. The fourth-order valence-electron chi connectivity index (χ4n) is 2.40. The summed E-state index contributed by atoms with van der Waals surface area (Å²) in [6.45, 7) is 1.96. The van der Waals surface area contributed by atoms with Gasteiger partial charge in [0.25, 0.3) is 5.91 Å². The lowest BCUT2D eigenvalue weighted by atomic mass is 10.1. The van der Waals surface area contributed by atoms with E-state index in [-0.39, 0.29) is 22.7 Å². The van der Waals surface area contributed by atoms with E-state index in [1.54, 1.807) is 11.0 Å². The van der Waals surface area contributed by atoms with Crippen molar-refractivity contribution in [2.24, 2.45) is 0 Å². The van der Waals surface area contributed by atoms with Crippen molar-refractivity contribution in [3.8, 4) is 5.75 Å². The Labute approximate surface area is 118 Å². The molecule has 1 unspecified atom stereocenters. The molecule has 1 aliphatic rings. The van der Waals surface area contributed by atoms with Crippen LogP contribution in [0.3, 0.4) is 0 Å². The molecule has 104 valence electrons. The molecule has 4 nitrogen and oxygen atoms in total. The number of nitrogens with one attached hydrogen (secondary N) is 1. The van der Waals surface area contributed by atoms with E-state index in [0.29, 0.717) is 5.56 Å². The van der Waals surface area contributed by atoms with Crippen LogP contribution in [0.15, 0.2) is 18.2 Å². The van der Waals surface area contributed by atoms with Gasteiger partial charge in [-0.2, -0.15) is 0 Å². The molecule has 1 aromatic rings. The van der Waals surface area contributed by atoms with Crippen LogP contribution >= 0.6 is 11.6 Å². The van der Waals surface area contributed by atoms with E-state index in [9.17, 15) is 9.90 Å². The van der Waals surface area contributed by atoms with Gasteiger partial charge in [-0.3, -0.25) is 4.79 Å². The number of rotatable bonds is 2. The van der Waals surface area contributed by atoms with Crippen LogP contribution in [-0.4, -0.2) is 42.1 Å². The molecule has 1 heterocycles. The number of nitrogens with zero attached hydrogens (tertiary/aromatic N) is 1. The number of phenolic OH excluding ortho intramolecular Hbond substituents is 1. The number of amides is 1. The smallest absolute Gasteiger partial charge is 0.253 e. The van der Waals surface area contributed by atoms with Crippen molar-refractivity contribution in [2.45, 2.75) is 25.3 Å².